The lowest BCUT2D eigenvalue weighted by Gasteiger charge is -2.12. The fraction of sp³-hybridized carbons (Fsp3) is 0.625. The maximum Gasteiger partial charge on any atom is 0.119 e. The van der Waals surface area contributed by atoms with Crippen LogP contribution in [-0.4, -0.2) is 25.9 Å². The second kappa shape index (κ2) is 8.18. The van der Waals surface area contributed by atoms with Crippen LogP contribution in [0.15, 0.2) is 24.3 Å². The van der Waals surface area contributed by atoms with Gasteiger partial charge >= 0.3 is 0 Å². The fourth-order valence-corrected chi connectivity index (χ4v) is 2.44. The van der Waals surface area contributed by atoms with Crippen LogP contribution in [0.4, 0.5) is 0 Å². The Labute approximate surface area is 116 Å². The Morgan fingerprint density at radius 1 is 1.21 bits per heavy atom. The summed E-state index contributed by atoms with van der Waals surface area (Å²) in [4.78, 5) is 0. The molecule has 1 aromatic carbocycles. The van der Waals surface area contributed by atoms with Crippen molar-refractivity contribution < 1.29 is 9.47 Å². The maximum absolute atomic E-state index is 5.78. The summed E-state index contributed by atoms with van der Waals surface area (Å²) in [6.07, 6.45) is 5.55. The van der Waals surface area contributed by atoms with Gasteiger partial charge in [-0.15, -0.1) is 0 Å². The van der Waals surface area contributed by atoms with Crippen LogP contribution in [0.3, 0.4) is 0 Å². The second-order valence-corrected chi connectivity index (χ2v) is 5.05. The van der Waals surface area contributed by atoms with E-state index in [9.17, 15) is 0 Å². The summed E-state index contributed by atoms with van der Waals surface area (Å²) in [5, 5.41) is 3.32. The van der Waals surface area contributed by atoms with Gasteiger partial charge in [-0.25, -0.2) is 0 Å². The summed E-state index contributed by atoms with van der Waals surface area (Å²) in [5.41, 5.74) is 1.26. The normalized spacial score (nSPS) is 15.8. The molecule has 106 valence electrons. The van der Waals surface area contributed by atoms with Crippen molar-refractivity contribution in [1.82, 2.24) is 5.32 Å². The third-order valence-corrected chi connectivity index (χ3v) is 3.49. The van der Waals surface area contributed by atoms with E-state index in [-0.39, 0.29) is 0 Å². The van der Waals surface area contributed by atoms with Crippen molar-refractivity contribution >= 4 is 0 Å². The largest absolute Gasteiger partial charge is 0.491 e. The van der Waals surface area contributed by atoms with E-state index in [1.165, 1.54) is 31.2 Å². The number of rotatable bonds is 8. The molecule has 0 saturated heterocycles. The molecule has 0 heterocycles. The van der Waals surface area contributed by atoms with Gasteiger partial charge in [0.25, 0.3) is 0 Å². The first kappa shape index (κ1) is 14.4. The zero-order valence-electron chi connectivity index (χ0n) is 11.9. The zero-order valence-corrected chi connectivity index (χ0v) is 11.9. The van der Waals surface area contributed by atoms with Crippen LogP contribution in [0, 0.1) is 0 Å². The van der Waals surface area contributed by atoms with E-state index in [0.717, 1.165) is 18.8 Å². The second-order valence-electron chi connectivity index (χ2n) is 5.05. The lowest BCUT2D eigenvalue weighted by molar-refractivity contribution is 0.0382. The van der Waals surface area contributed by atoms with Crippen LogP contribution in [0.2, 0.25) is 0 Å². The van der Waals surface area contributed by atoms with E-state index in [1.807, 2.05) is 12.1 Å². The molecular formula is C16H25NO2. The molecule has 0 bridgehead atoms. The van der Waals surface area contributed by atoms with Crippen molar-refractivity contribution in [3.8, 4) is 5.75 Å². The van der Waals surface area contributed by atoms with Crippen LogP contribution in [0.5, 0.6) is 5.75 Å². The number of nitrogens with one attached hydrogen (secondary N) is 1. The first-order chi connectivity index (χ1) is 9.38. The minimum atomic E-state index is 0.476. The number of benzene rings is 1. The number of hydrogen-bond donors (Lipinski definition) is 1. The van der Waals surface area contributed by atoms with E-state index in [1.54, 1.807) is 0 Å². The zero-order chi connectivity index (χ0) is 13.3. The summed E-state index contributed by atoms with van der Waals surface area (Å²) in [7, 11) is 0. The smallest absolute Gasteiger partial charge is 0.119 e. The first-order valence-corrected chi connectivity index (χ1v) is 7.42. The molecule has 2 rings (SSSR count). The van der Waals surface area contributed by atoms with Gasteiger partial charge in [-0.05, 0) is 37.1 Å². The highest BCUT2D eigenvalue weighted by molar-refractivity contribution is 5.28. The van der Waals surface area contributed by atoms with Crippen LogP contribution in [0.25, 0.3) is 0 Å². The molecule has 3 nitrogen and oxygen atoms in total. The SMILES string of the molecule is CCNCc1cccc(OCCOC2CCCC2)c1. The average molecular weight is 263 g/mol. The molecule has 19 heavy (non-hydrogen) atoms. The highest BCUT2D eigenvalue weighted by Crippen LogP contribution is 2.20. The van der Waals surface area contributed by atoms with Gasteiger partial charge in [-0.1, -0.05) is 31.9 Å². The quantitative estimate of drug-likeness (QED) is 0.731. The number of ether oxygens (including phenoxy) is 2. The van der Waals surface area contributed by atoms with Crippen molar-refractivity contribution in [2.75, 3.05) is 19.8 Å². The molecule has 0 amide bonds. The van der Waals surface area contributed by atoms with E-state index in [4.69, 9.17) is 9.47 Å². The van der Waals surface area contributed by atoms with Gasteiger partial charge in [0.2, 0.25) is 0 Å². The molecule has 3 heteroatoms. The molecule has 1 aliphatic carbocycles. The van der Waals surface area contributed by atoms with Crippen molar-refractivity contribution in [3.63, 3.8) is 0 Å². The lowest BCUT2D eigenvalue weighted by Crippen LogP contribution is -2.14. The van der Waals surface area contributed by atoms with Gasteiger partial charge in [-0.2, -0.15) is 0 Å². The minimum absolute atomic E-state index is 0.476. The van der Waals surface area contributed by atoms with Crippen molar-refractivity contribution in [1.29, 1.82) is 0 Å². The average Bonchev–Trinajstić information content (AvgIpc) is 2.95. The van der Waals surface area contributed by atoms with Crippen LogP contribution in [0.1, 0.15) is 38.2 Å². The van der Waals surface area contributed by atoms with E-state index in [2.05, 4.69) is 24.4 Å². The molecule has 0 aromatic heterocycles. The lowest BCUT2D eigenvalue weighted by atomic mass is 10.2. The molecule has 1 N–H and O–H groups in total. The minimum Gasteiger partial charge on any atom is -0.491 e. The molecule has 1 saturated carbocycles. The molecule has 0 unspecified atom stereocenters. The predicted molar refractivity (Wildman–Crippen MR) is 77.5 cm³/mol. The molecule has 0 radical (unpaired) electrons. The third-order valence-electron chi connectivity index (χ3n) is 3.49. The van der Waals surface area contributed by atoms with Crippen molar-refractivity contribution in [3.05, 3.63) is 29.8 Å². The number of hydrogen-bond acceptors (Lipinski definition) is 3. The van der Waals surface area contributed by atoms with Gasteiger partial charge in [0.1, 0.15) is 12.4 Å². The first-order valence-electron chi connectivity index (χ1n) is 7.42. The third kappa shape index (κ3) is 5.21. The monoisotopic (exact) mass is 263 g/mol. The van der Waals surface area contributed by atoms with Crippen LogP contribution in [-0.2, 0) is 11.3 Å². The molecule has 1 aromatic rings. The van der Waals surface area contributed by atoms with Crippen molar-refractivity contribution in [2.45, 2.75) is 45.3 Å². The topological polar surface area (TPSA) is 30.5 Å². The van der Waals surface area contributed by atoms with E-state index >= 15 is 0 Å². The summed E-state index contributed by atoms with van der Waals surface area (Å²) in [6.45, 7) is 5.33. The Kier molecular flexibility index (Phi) is 6.18. The highest BCUT2D eigenvalue weighted by Gasteiger charge is 2.14. The summed E-state index contributed by atoms with van der Waals surface area (Å²) in [6, 6.07) is 8.26. The highest BCUT2D eigenvalue weighted by atomic mass is 16.5. The Morgan fingerprint density at radius 2 is 2.05 bits per heavy atom. The summed E-state index contributed by atoms with van der Waals surface area (Å²) >= 11 is 0. The van der Waals surface area contributed by atoms with Gasteiger partial charge in [0, 0.05) is 6.54 Å². The Balaban J connectivity index is 1.66. The molecular weight excluding hydrogens is 238 g/mol. The summed E-state index contributed by atoms with van der Waals surface area (Å²) in [5.74, 6) is 0.936. The fourth-order valence-electron chi connectivity index (χ4n) is 2.44. The van der Waals surface area contributed by atoms with Gasteiger partial charge in [-0.3, -0.25) is 0 Å². The Hall–Kier alpha value is -1.06. The van der Waals surface area contributed by atoms with Gasteiger partial charge < -0.3 is 14.8 Å². The Bertz CT molecular complexity index is 362. The standard InChI is InChI=1S/C16H25NO2/c1-2-17-13-14-6-5-9-16(12-14)19-11-10-18-15-7-3-4-8-15/h5-6,9,12,15,17H,2-4,7-8,10-11,13H2,1H3. The van der Waals surface area contributed by atoms with E-state index < -0.39 is 0 Å². The Morgan fingerprint density at radius 3 is 2.84 bits per heavy atom. The molecule has 0 aliphatic heterocycles. The molecule has 1 fully saturated rings. The predicted octanol–water partition coefficient (Wildman–Crippen LogP) is 3.13. The van der Waals surface area contributed by atoms with Crippen molar-refractivity contribution in [2.24, 2.45) is 0 Å². The molecule has 1 aliphatic rings. The van der Waals surface area contributed by atoms with Gasteiger partial charge in [0.05, 0.1) is 12.7 Å². The van der Waals surface area contributed by atoms with E-state index in [0.29, 0.717) is 19.3 Å². The molecule has 0 atom stereocenters. The molecule has 0 spiro atoms. The summed E-state index contributed by atoms with van der Waals surface area (Å²) < 4.78 is 11.5. The van der Waals surface area contributed by atoms with Crippen LogP contribution < -0.4 is 10.1 Å². The van der Waals surface area contributed by atoms with Crippen LogP contribution >= 0.6 is 0 Å². The maximum atomic E-state index is 5.78. The van der Waals surface area contributed by atoms with Gasteiger partial charge in [0.15, 0.2) is 0 Å².